The van der Waals surface area contributed by atoms with E-state index >= 15 is 0 Å². The number of benzene rings is 1. The normalized spacial score (nSPS) is 18.2. The molecule has 0 unspecified atom stereocenters. The number of halogens is 1. The van der Waals surface area contributed by atoms with Gasteiger partial charge in [-0.05, 0) is 47.3 Å². The second kappa shape index (κ2) is 16.2. The maximum absolute atomic E-state index is 13.7. The zero-order valence-corrected chi connectivity index (χ0v) is 27.5. The van der Waals surface area contributed by atoms with Crippen molar-refractivity contribution in [1.82, 2.24) is 20.5 Å². The average molecular weight is 683 g/mol. The van der Waals surface area contributed by atoms with Crippen molar-refractivity contribution in [3.05, 3.63) is 41.0 Å². The molecule has 1 aliphatic heterocycles. The van der Waals surface area contributed by atoms with Gasteiger partial charge in [-0.25, -0.2) is 4.98 Å². The van der Waals surface area contributed by atoms with E-state index in [2.05, 4.69) is 59.0 Å². The minimum Gasteiger partial charge on any atom is -0.391 e. The highest BCUT2D eigenvalue weighted by Gasteiger charge is 2.43. The van der Waals surface area contributed by atoms with E-state index in [1.165, 1.54) is 36.5 Å². The van der Waals surface area contributed by atoms with Crippen LogP contribution in [0.15, 0.2) is 29.8 Å². The van der Waals surface area contributed by atoms with Gasteiger partial charge in [0.25, 0.3) is 0 Å². The molecular weight excluding hydrogens is 635 g/mol. The van der Waals surface area contributed by atoms with Gasteiger partial charge in [0.05, 0.1) is 28.2 Å². The van der Waals surface area contributed by atoms with E-state index < -0.39 is 18.2 Å². The van der Waals surface area contributed by atoms with Gasteiger partial charge in [-0.1, -0.05) is 99.7 Å². The number of aliphatic hydroxyl groups is 1. The molecule has 0 saturated carbocycles. The fourth-order valence-corrected chi connectivity index (χ4v) is 6.60. The van der Waals surface area contributed by atoms with E-state index in [1.54, 1.807) is 16.2 Å². The zero-order chi connectivity index (χ0) is 29.1. The highest BCUT2D eigenvalue weighted by molar-refractivity contribution is 14.1. The molecule has 7 nitrogen and oxygen atoms in total. The highest BCUT2D eigenvalue weighted by atomic mass is 127. The van der Waals surface area contributed by atoms with Gasteiger partial charge in [-0.2, -0.15) is 0 Å². The maximum Gasteiger partial charge on any atom is 0.243 e. The molecule has 1 aromatic carbocycles. The SMILES string of the molecule is Cc1ncsc1-c1ccc(CNC(=O)[C@@H]2C[C@@H](O)CN2C(=O)[C@@H](NCCCCCCCCCI)C(C)(C)C)cc1. The average Bonchev–Trinajstić information content (AvgIpc) is 3.53. The molecule has 1 fully saturated rings. The third kappa shape index (κ3) is 9.77. The largest absolute Gasteiger partial charge is 0.391 e. The predicted octanol–water partition coefficient (Wildman–Crippen LogP) is 5.87. The van der Waals surface area contributed by atoms with E-state index in [0.717, 1.165) is 41.1 Å². The van der Waals surface area contributed by atoms with Gasteiger partial charge < -0.3 is 20.6 Å². The number of hydrogen-bond acceptors (Lipinski definition) is 6. The van der Waals surface area contributed by atoms with Gasteiger partial charge >= 0.3 is 0 Å². The molecule has 3 N–H and O–H groups in total. The van der Waals surface area contributed by atoms with Crippen LogP contribution in [0.2, 0.25) is 0 Å². The standard InChI is InChI=1S/C31H47IN4O3S/c1-22-27(40-21-35-22)24-14-12-23(13-15-24)19-34-29(38)26-18-25(37)20-36(26)30(39)28(31(2,3)4)33-17-11-9-7-5-6-8-10-16-32/h12-15,21,25-26,28,33,37H,5-11,16-20H2,1-4H3,(H,34,38)/t25-,26+,28-/m1/s1. The molecule has 3 atom stereocenters. The topological polar surface area (TPSA) is 94.6 Å². The van der Waals surface area contributed by atoms with Crippen molar-refractivity contribution in [2.75, 3.05) is 17.5 Å². The molecule has 9 heteroatoms. The van der Waals surface area contributed by atoms with Crippen molar-refractivity contribution in [2.24, 2.45) is 5.41 Å². The third-order valence-electron chi connectivity index (χ3n) is 7.56. The van der Waals surface area contributed by atoms with Crippen LogP contribution in [-0.2, 0) is 16.1 Å². The van der Waals surface area contributed by atoms with E-state index in [4.69, 9.17) is 0 Å². The number of nitrogens with zero attached hydrogens (tertiary/aromatic N) is 2. The highest BCUT2D eigenvalue weighted by Crippen LogP contribution is 2.28. The number of alkyl halides is 1. The number of nitrogens with one attached hydrogen (secondary N) is 2. The summed E-state index contributed by atoms with van der Waals surface area (Å²) in [6.07, 6.45) is 8.17. The predicted molar refractivity (Wildman–Crippen MR) is 173 cm³/mol. The van der Waals surface area contributed by atoms with E-state index in [-0.39, 0.29) is 30.2 Å². The smallest absolute Gasteiger partial charge is 0.243 e. The Morgan fingerprint density at radius 1 is 1.10 bits per heavy atom. The lowest BCUT2D eigenvalue weighted by Crippen LogP contribution is -2.56. The Morgan fingerprint density at radius 2 is 1.75 bits per heavy atom. The number of hydrogen-bond donors (Lipinski definition) is 3. The second-order valence-corrected chi connectivity index (χ2v) is 13.9. The summed E-state index contributed by atoms with van der Waals surface area (Å²) in [7, 11) is 0. The Bertz CT molecular complexity index is 1070. The molecule has 40 heavy (non-hydrogen) atoms. The van der Waals surface area contributed by atoms with E-state index in [9.17, 15) is 14.7 Å². The number of aliphatic hydroxyl groups excluding tert-OH is 1. The Labute approximate surface area is 258 Å². The number of rotatable bonds is 15. The summed E-state index contributed by atoms with van der Waals surface area (Å²) in [6, 6.07) is 7.01. The molecule has 3 rings (SSSR count). The summed E-state index contributed by atoms with van der Waals surface area (Å²) < 4.78 is 1.24. The minimum atomic E-state index is -0.700. The van der Waals surface area contributed by atoms with Crippen LogP contribution in [0.4, 0.5) is 0 Å². The van der Waals surface area contributed by atoms with Crippen molar-refractivity contribution in [3.63, 3.8) is 0 Å². The first-order valence-corrected chi connectivity index (χ1v) is 17.1. The fraction of sp³-hybridized carbons (Fsp3) is 0.645. The first-order valence-electron chi connectivity index (χ1n) is 14.7. The number of amides is 2. The van der Waals surface area contributed by atoms with Crippen molar-refractivity contribution in [1.29, 1.82) is 0 Å². The van der Waals surface area contributed by atoms with Gasteiger partial charge in [0.2, 0.25) is 11.8 Å². The Kier molecular flexibility index (Phi) is 13.3. The summed E-state index contributed by atoms with van der Waals surface area (Å²) in [5, 5.41) is 16.9. The van der Waals surface area contributed by atoms with Gasteiger partial charge in [0.1, 0.15) is 6.04 Å². The fourth-order valence-electron chi connectivity index (χ4n) is 5.25. The van der Waals surface area contributed by atoms with Gasteiger partial charge in [-0.3, -0.25) is 9.59 Å². The molecule has 0 spiro atoms. The van der Waals surface area contributed by atoms with Gasteiger partial charge in [0.15, 0.2) is 0 Å². The van der Waals surface area contributed by atoms with E-state index in [1.807, 2.05) is 36.7 Å². The molecule has 1 aromatic heterocycles. The first kappa shape index (κ1) is 32.9. The molecular formula is C31H47IN4O3S. The number of β-amino-alcohol motifs (C(OH)–C–C–N with tert-alkyl or cyclic N) is 1. The van der Waals surface area contributed by atoms with Crippen LogP contribution >= 0.6 is 33.9 Å². The Morgan fingerprint density at radius 3 is 2.35 bits per heavy atom. The summed E-state index contributed by atoms with van der Waals surface area (Å²) in [5.74, 6) is -0.324. The number of thiazole rings is 1. The molecule has 2 aromatic rings. The zero-order valence-electron chi connectivity index (χ0n) is 24.5. The lowest BCUT2D eigenvalue weighted by molar-refractivity contribution is -0.142. The number of aromatic nitrogens is 1. The lowest BCUT2D eigenvalue weighted by atomic mass is 9.85. The molecule has 2 amide bonds. The van der Waals surface area contributed by atoms with Gasteiger partial charge in [-0.15, -0.1) is 11.3 Å². The Hall–Kier alpha value is -1.56. The van der Waals surface area contributed by atoms with Crippen molar-refractivity contribution in [2.45, 2.75) is 104 Å². The summed E-state index contributed by atoms with van der Waals surface area (Å²) in [4.78, 5) is 34.0. The molecule has 2 heterocycles. The first-order chi connectivity index (χ1) is 19.1. The van der Waals surface area contributed by atoms with Gasteiger partial charge in [0, 0.05) is 19.5 Å². The second-order valence-electron chi connectivity index (χ2n) is 12.0. The van der Waals surface area contributed by atoms with E-state index in [0.29, 0.717) is 6.54 Å². The number of carbonyl (C=O) groups is 2. The van der Waals surface area contributed by atoms with Crippen molar-refractivity contribution >= 4 is 45.7 Å². The van der Waals surface area contributed by atoms with Crippen molar-refractivity contribution in [3.8, 4) is 10.4 Å². The summed E-state index contributed by atoms with van der Waals surface area (Å²) >= 11 is 4.05. The van der Waals surface area contributed by atoms with Crippen LogP contribution < -0.4 is 10.6 Å². The number of aryl methyl sites for hydroxylation is 1. The number of carbonyl (C=O) groups excluding carboxylic acids is 2. The molecule has 1 saturated heterocycles. The van der Waals surface area contributed by atoms with Crippen molar-refractivity contribution < 1.29 is 14.7 Å². The molecule has 0 bridgehead atoms. The van der Waals surface area contributed by atoms with Crippen LogP contribution in [0.3, 0.4) is 0 Å². The van der Waals surface area contributed by atoms with Crippen LogP contribution in [0.5, 0.6) is 0 Å². The van der Waals surface area contributed by atoms with Crippen LogP contribution in [-0.4, -0.2) is 62.5 Å². The maximum atomic E-state index is 13.7. The number of likely N-dealkylation sites (tertiary alicyclic amines) is 1. The lowest BCUT2D eigenvalue weighted by Gasteiger charge is -2.35. The summed E-state index contributed by atoms with van der Waals surface area (Å²) in [5.41, 5.74) is 4.63. The summed E-state index contributed by atoms with van der Waals surface area (Å²) in [6.45, 7) is 9.47. The quantitative estimate of drug-likeness (QED) is 0.124. The Balaban J connectivity index is 1.53. The minimum absolute atomic E-state index is 0.104. The molecule has 1 aliphatic rings. The van der Waals surface area contributed by atoms with Crippen LogP contribution in [0.1, 0.15) is 83.4 Å². The number of unbranched alkanes of at least 4 members (excludes halogenated alkanes) is 6. The third-order valence-corrected chi connectivity index (χ3v) is 9.31. The molecule has 222 valence electrons. The van der Waals surface area contributed by atoms with Crippen LogP contribution in [0.25, 0.3) is 10.4 Å². The monoisotopic (exact) mass is 682 g/mol. The molecule has 0 radical (unpaired) electrons. The van der Waals surface area contributed by atoms with Crippen LogP contribution in [0, 0.1) is 12.3 Å². The molecule has 0 aliphatic carbocycles.